The van der Waals surface area contributed by atoms with E-state index in [-0.39, 0.29) is 20.9 Å². The Morgan fingerprint density at radius 3 is 2.04 bits per heavy atom. The quantitative estimate of drug-likeness (QED) is 0.494. The van der Waals surface area contributed by atoms with Crippen LogP contribution in [0.2, 0.25) is 0 Å². The van der Waals surface area contributed by atoms with E-state index in [0.29, 0.717) is 5.39 Å². The van der Waals surface area contributed by atoms with E-state index < -0.39 is 19.2 Å². The third-order valence-corrected chi connectivity index (χ3v) is 6.21. The molecule has 8 heteroatoms. The van der Waals surface area contributed by atoms with Gasteiger partial charge in [-0.1, -0.05) is 42.0 Å². The van der Waals surface area contributed by atoms with Gasteiger partial charge in [-0.15, -0.1) is 0 Å². The summed E-state index contributed by atoms with van der Waals surface area (Å²) in [6.07, 6.45) is 0. The highest BCUT2D eigenvalue weighted by Gasteiger charge is 2.22. The summed E-state index contributed by atoms with van der Waals surface area (Å²) in [5.74, 6) is -0.0992. The largest absolute Gasteiger partial charge is 0.378 e. The molecule has 0 N–H and O–H groups in total. The van der Waals surface area contributed by atoms with Crippen LogP contribution in [-0.4, -0.2) is 16.8 Å². The minimum Gasteiger partial charge on any atom is -0.378 e. The molecule has 0 fully saturated rings. The lowest BCUT2D eigenvalue weighted by Gasteiger charge is -2.12. The average Bonchev–Trinajstić information content (AvgIpc) is 2.54. The molecule has 0 aliphatic heterocycles. The summed E-state index contributed by atoms with van der Waals surface area (Å²) in [6.45, 7) is 1.83. The van der Waals surface area contributed by atoms with Crippen molar-refractivity contribution in [3.8, 4) is 5.75 Å². The maximum atomic E-state index is 12.5. The Morgan fingerprint density at radius 1 is 0.840 bits per heavy atom. The van der Waals surface area contributed by atoms with E-state index in [1.54, 1.807) is 30.3 Å². The van der Waals surface area contributed by atoms with Crippen molar-refractivity contribution in [3.63, 3.8) is 0 Å². The van der Waals surface area contributed by atoms with Crippen LogP contribution in [0, 0.1) is 6.92 Å². The minimum atomic E-state index is -4.12. The SMILES string of the molecule is Cc1ccc(S(=O)(=O)Oc2cccc3cccc(S(=O)(=O)Cl)c23)cc1. The molecule has 0 bridgehead atoms. The topological polar surface area (TPSA) is 77.5 Å². The molecular weight excluding hydrogens is 384 g/mol. The van der Waals surface area contributed by atoms with Gasteiger partial charge in [0.1, 0.15) is 4.90 Å². The Kier molecular flexibility index (Phi) is 4.49. The Morgan fingerprint density at radius 2 is 1.44 bits per heavy atom. The van der Waals surface area contributed by atoms with Crippen molar-refractivity contribution in [1.82, 2.24) is 0 Å². The third kappa shape index (κ3) is 3.63. The smallest absolute Gasteiger partial charge is 0.339 e. The van der Waals surface area contributed by atoms with Gasteiger partial charge >= 0.3 is 10.1 Å². The fraction of sp³-hybridized carbons (Fsp3) is 0.0588. The number of aryl methyl sites for hydroxylation is 1. The van der Waals surface area contributed by atoms with Gasteiger partial charge in [0.05, 0.1) is 4.90 Å². The molecule has 0 heterocycles. The zero-order valence-electron chi connectivity index (χ0n) is 13.0. The number of hydrogen-bond donors (Lipinski definition) is 0. The van der Waals surface area contributed by atoms with Gasteiger partial charge in [0.15, 0.2) is 5.75 Å². The molecule has 130 valence electrons. The predicted octanol–water partition coefficient (Wildman–Crippen LogP) is 3.84. The fourth-order valence-corrected chi connectivity index (χ4v) is 4.45. The molecule has 0 amide bonds. The summed E-state index contributed by atoms with van der Waals surface area (Å²) in [4.78, 5) is -0.234. The van der Waals surface area contributed by atoms with Crippen LogP contribution in [0.15, 0.2) is 70.5 Å². The zero-order chi connectivity index (χ0) is 18.2. The summed E-state index contributed by atoms with van der Waals surface area (Å²) >= 11 is 0. The number of halogens is 1. The molecule has 0 radical (unpaired) electrons. The highest BCUT2D eigenvalue weighted by atomic mass is 35.7. The van der Waals surface area contributed by atoms with Crippen molar-refractivity contribution in [2.45, 2.75) is 16.7 Å². The molecule has 0 aliphatic carbocycles. The monoisotopic (exact) mass is 396 g/mol. The second kappa shape index (κ2) is 6.33. The zero-order valence-corrected chi connectivity index (χ0v) is 15.4. The molecule has 0 aromatic heterocycles. The van der Waals surface area contributed by atoms with Crippen molar-refractivity contribution in [3.05, 3.63) is 66.2 Å². The van der Waals surface area contributed by atoms with E-state index in [1.165, 1.54) is 30.3 Å². The van der Waals surface area contributed by atoms with Crippen LogP contribution in [-0.2, 0) is 19.2 Å². The first-order valence-electron chi connectivity index (χ1n) is 7.16. The molecule has 5 nitrogen and oxygen atoms in total. The molecular formula is C17H13ClO5S2. The van der Waals surface area contributed by atoms with Gasteiger partial charge in [0.25, 0.3) is 9.05 Å². The molecule has 3 rings (SSSR count). The van der Waals surface area contributed by atoms with Gasteiger partial charge in [-0.2, -0.15) is 8.42 Å². The molecule has 3 aromatic rings. The molecule has 3 aromatic carbocycles. The summed E-state index contributed by atoms with van der Waals surface area (Å²) in [5, 5.41) is 0.619. The van der Waals surface area contributed by atoms with Gasteiger partial charge in [-0.25, -0.2) is 8.42 Å². The third-order valence-electron chi connectivity index (χ3n) is 3.60. The van der Waals surface area contributed by atoms with Crippen molar-refractivity contribution < 1.29 is 21.0 Å². The van der Waals surface area contributed by atoms with E-state index >= 15 is 0 Å². The van der Waals surface area contributed by atoms with Crippen LogP contribution in [0.25, 0.3) is 10.8 Å². The number of fused-ring (bicyclic) bond motifs is 1. The Labute approximate surface area is 150 Å². The van der Waals surface area contributed by atoms with Crippen molar-refractivity contribution in [2.75, 3.05) is 0 Å². The number of rotatable bonds is 4. The van der Waals surface area contributed by atoms with Crippen LogP contribution in [0.3, 0.4) is 0 Å². The van der Waals surface area contributed by atoms with Crippen molar-refractivity contribution >= 4 is 40.6 Å². The molecule has 0 aliphatic rings. The summed E-state index contributed by atoms with van der Waals surface area (Å²) < 4.78 is 53.9. The standard InChI is InChI=1S/C17H13ClO5S2/c1-12-8-10-14(11-9-12)25(21,22)23-15-6-2-4-13-5-3-7-16(17(13)15)24(18,19)20/h2-11H,1H3. The fourth-order valence-electron chi connectivity index (χ4n) is 2.42. The lowest BCUT2D eigenvalue weighted by Crippen LogP contribution is -2.10. The van der Waals surface area contributed by atoms with Gasteiger partial charge in [0, 0.05) is 16.1 Å². The van der Waals surface area contributed by atoms with Crippen LogP contribution < -0.4 is 4.18 Å². The van der Waals surface area contributed by atoms with E-state index in [2.05, 4.69) is 0 Å². The summed E-state index contributed by atoms with van der Waals surface area (Å²) in [5.41, 5.74) is 0.902. The molecule has 25 heavy (non-hydrogen) atoms. The number of hydrogen-bond acceptors (Lipinski definition) is 5. The van der Waals surface area contributed by atoms with Crippen molar-refractivity contribution in [2.24, 2.45) is 0 Å². The van der Waals surface area contributed by atoms with Gasteiger partial charge < -0.3 is 4.18 Å². The van der Waals surface area contributed by atoms with E-state index in [9.17, 15) is 16.8 Å². The highest BCUT2D eigenvalue weighted by molar-refractivity contribution is 8.14. The van der Waals surface area contributed by atoms with Crippen LogP contribution in [0.5, 0.6) is 5.75 Å². The number of benzene rings is 3. The summed E-state index contributed by atoms with van der Waals surface area (Å²) in [6, 6.07) is 15.2. The Hall–Kier alpha value is -2.09. The minimum absolute atomic E-state index is 0.0266. The highest BCUT2D eigenvalue weighted by Crippen LogP contribution is 2.34. The van der Waals surface area contributed by atoms with Crippen LogP contribution >= 0.6 is 10.7 Å². The van der Waals surface area contributed by atoms with Crippen LogP contribution in [0.4, 0.5) is 0 Å². The lowest BCUT2D eigenvalue weighted by molar-refractivity contribution is 0.488. The van der Waals surface area contributed by atoms with E-state index in [1.807, 2.05) is 6.92 Å². The lowest BCUT2D eigenvalue weighted by atomic mass is 10.1. The second-order valence-electron chi connectivity index (χ2n) is 5.40. The first kappa shape index (κ1) is 17.7. The predicted molar refractivity (Wildman–Crippen MR) is 96.0 cm³/mol. The maximum Gasteiger partial charge on any atom is 0.339 e. The van der Waals surface area contributed by atoms with E-state index in [4.69, 9.17) is 14.9 Å². The normalized spacial score (nSPS) is 12.2. The van der Waals surface area contributed by atoms with Gasteiger partial charge in [-0.05, 0) is 36.6 Å². The van der Waals surface area contributed by atoms with Crippen molar-refractivity contribution in [1.29, 1.82) is 0 Å². The first-order valence-corrected chi connectivity index (χ1v) is 10.9. The van der Waals surface area contributed by atoms with Gasteiger partial charge in [0.2, 0.25) is 0 Å². The molecule has 0 unspecified atom stereocenters. The summed E-state index contributed by atoms with van der Waals surface area (Å²) in [7, 11) is -2.72. The van der Waals surface area contributed by atoms with Crippen LogP contribution in [0.1, 0.15) is 5.56 Å². The molecule has 0 saturated heterocycles. The Bertz CT molecular complexity index is 1150. The van der Waals surface area contributed by atoms with E-state index in [0.717, 1.165) is 5.56 Å². The second-order valence-corrected chi connectivity index (χ2v) is 9.48. The molecule has 0 saturated carbocycles. The first-order chi connectivity index (χ1) is 11.7. The average molecular weight is 397 g/mol. The molecule has 0 atom stereocenters. The molecule has 0 spiro atoms. The Balaban J connectivity index is 2.18. The maximum absolute atomic E-state index is 12.5. The van der Waals surface area contributed by atoms with Gasteiger partial charge in [-0.3, -0.25) is 0 Å².